The van der Waals surface area contributed by atoms with Crippen LogP contribution in [0.15, 0.2) is 24.3 Å². The van der Waals surface area contributed by atoms with E-state index in [9.17, 15) is 0 Å². The van der Waals surface area contributed by atoms with Crippen molar-refractivity contribution in [1.82, 2.24) is 0 Å². The molecule has 0 saturated heterocycles. The van der Waals surface area contributed by atoms with E-state index in [2.05, 4.69) is 31.2 Å². The van der Waals surface area contributed by atoms with Crippen molar-refractivity contribution in [3.8, 4) is 0 Å². The number of nitrogens with two attached hydrogens (primary N) is 1. The first kappa shape index (κ1) is 12.5. The third-order valence-corrected chi connectivity index (χ3v) is 5.44. The SMILES string of the molecule is CC12CC3CC(N)(CC(C1)c1ccccc13)C2.Cl. The summed E-state index contributed by atoms with van der Waals surface area (Å²) in [6.07, 6.45) is 6.41. The van der Waals surface area contributed by atoms with Gasteiger partial charge in [-0.3, -0.25) is 0 Å². The second-order valence-electron chi connectivity index (χ2n) is 7.19. The summed E-state index contributed by atoms with van der Waals surface area (Å²) in [4.78, 5) is 0. The average Bonchev–Trinajstić information content (AvgIpc) is 2.38. The van der Waals surface area contributed by atoms with Crippen molar-refractivity contribution in [2.24, 2.45) is 11.1 Å². The van der Waals surface area contributed by atoms with Gasteiger partial charge in [0, 0.05) is 5.54 Å². The molecule has 2 atom stereocenters. The highest BCUT2D eigenvalue weighted by Crippen LogP contribution is 2.61. The van der Waals surface area contributed by atoms with Crippen LogP contribution in [0.4, 0.5) is 0 Å². The van der Waals surface area contributed by atoms with E-state index < -0.39 is 0 Å². The zero-order valence-electron chi connectivity index (χ0n) is 11.0. The Kier molecular flexibility index (Phi) is 2.60. The molecule has 4 aliphatic carbocycles. The maximum absolute atomic E-state index is 6.69. The molecule has 2 unspecified atom stereocenters. The van der Waals surface area contributed by atoms with Gasteiger partial charge in [0.25, 0.3) is 0 Å². The molecule has 2 N–H and O–H groups in total. The highest BCUT2D eigenvalue weighted by Gasteiger charge is 2.53. The second kappa shape index (κ2) is 3.74. The first-order valence-electron chi connectivity index (χ1n) is 6.95. The summed E-state index contributed by atoms with van der Waals surface area (Å²) < 4.78 is 0. The monoisotopic (exact) mass is 263 g/mol. The maximum Gasteiger partial charge on any atom is 0.0171 e. The van der Waals surface area contributed by atoms with Crippen LogP contribution in [-0.2, 0) is 0 Å². The van der Waals surface area contributed by atoms with Crippen molar-refractivity contribution in [3.63, 3.8) is 0 Å². The van der Waals surface area contributed by atoms with Crippen molar-refractivity contribution < 1.29 is 0 Å². The fourth-order valence-corrected chi connectivity index (χ4v) is 5.32. The number of benzene rings is 1. The smallest absolute Gasteiger partial charge is 0.0171 e. The van der Waals surface area contributed by atoms with Crippen LogP contribution >= 0.6 is 12.4 Å². The standard InChI is InChI=1S/C16H21N.ClH/c1-15-6-11-8-16(17,10-15)9-12(7-15)14-5-3-2-4-13(11)14;/h2-5,11-12H,6-10,17H2,1H3;1H. The molecule has 0 aliphatic heterocycles. The molecule has 1 nitrogen and oxygen atoms in total. The highest BCUT2D eigenvalue weighted by atomic mass is 35.5. The van der Waals surface area contributed by atoms with E-state index in [-0.39, 0.29) is 17.9 Å². The summed E-state index contributed by atoms with van der Waals surface area (Å²) in [5.74, 6) is 1.45. The molecule has 1 aromatic rings. The van der Waals surface area contributed by atoms with Gasteiger partial charge in [-0.15, -0.1) is 12.4 Å². The molecule has 0 radical (unpaired) electrons. The minimum absolute atomic E-state index is 0. The molecule has 4 aliphatic rings. The van der Waals surface area contributed by atoms with E-state index in [0.717, 1.165) is 11.8 Å². The summed E-state index contributed by atoms with van der Waals surface area (Å²) >= 11 is 0. The molecule has 18 heavy (non-hydrogen) atoms. The second-order valence-corrected chi connectivity index (χ2v) is 7.19. The Bertz CT molecular complexity index is 427. The highest BCUT2D eigenvalue weighted by molar-refractivity contribution is 5.85. The van der Waals surface area contributed by atoms with Crippen molar-refractivity contribution in [3.05, 3.63) is 35.4 Å². The number of halogens is 1. The summed E-state index contributed by atoms with van der Waals surface area (Å²) in [7, 11) is 0. The van der Waals surface area contributed by atoms with Gasteiger partial charge in [-0.1, -0.05) is 31.2 Å². The van der Waals surface area contributed by atoms with Gasteiger partial charge in [0.1, 0.15) is 0 Å². The number of rotatable bonds is 0. The van der Waals surface area contributed by atoms with Gasteiger partial charge in [-0.2, -0.15) is 0 Å². The van der Waals surface area contributed by atoms with Crippen LogP contribution in [0.1, 0.15) is 62.0 Å². The molecular weight excluding hydrogens is 242 g/mol. The van der Waals surface area contributed by atoms with Crippen LogP contribution in [0.2, 0.25) is 0 Å². The van der Waals surface area contributed by atoms with Gasteiger partial charge in [0.05, 0.1) is 0 Å². The van der Waals surface area contributed by atoms with E-state index in [0.29, 0.717) is 5.41 Å². The van der Waals surface area contributed by atoms with E-state index in [1.807, 2.05) is 0 Å². The molecule has 0 heterocycles. The van der Waals surface area contributed by atoms with Gasteiger partial charge in [-0.05, 0) is 60.5 Å². The Morgan fingerprint density at radius 2 is 1.50 bits per heavy atom. The maximum atomic E-state index is 6.69. The minimum atomic E-state index is 0. The molecule has 98 valence electrons. The molecule has 0 spiro atoms. The molecule has 5 rings (SSSR count). The minimum Gasteiger partial charge on any atom is -0.325 e. The van der Waals surface area contributed by atoms with E-state index in [4.69, 9.17) is 5.73 Å². The van der Waals surface area contributed by atoms with Crippen molar-refractivity contribution >= 4 is 12.4 Å². The van der Waals surface area contributed by atoms with Crippen LogP contribution in [-0.4, -0.2) is 5.54 Å². The third kappa shape index (κ3) is 1.64. The van der Waals surface area contributed by atoms with Crippen molar-refractivity contribution in [1.29, 1.82) is 0 Å². The topological polar surface area (TPSA) is 26.0 Å². The quantitative estimate of drug-likeness (QED) is 0.753. The van der Waals surface area contributed by atoms with Crippen molar-refractivity contribution in [2.75, 3.05) is 0 Å². The third-order valence-electron chi connectivity index (χ3n) is 5.44. The molecule has 0 aromatic heterocycles. The summed E-state index contributed by atoms with van der Waals surface area (Å²) in [5, 5.41) is 0. The van der Waals surface area contributed by atoms with Crippen LogP contribution in [0.5, 0.6) is 0 Å². The Morgan fingerprint density at radius 1 is 1.00 bits per heavy atom. The normalized spacial score (nSPS) is 44.1. The lowest BCUT2D eigenvalue weighted by atomic mass is 9.56. The summed E-state index contributed by atoms with van der Waals surface area (Å²) in [5.41, 5.74) is 10.5. The fourth-order valence-electron chi connectivity index (χ4n) is 5.32. The lowest BCUT2D eigenvalue weighted by molar-refractivity contribution is 0.0544. The van der Waals surface area contributed by atoms with Crippen LogP contribution < -0.4 is 5.73 Å². The Morgan fingerprint density at radius 3 is 1.94 bits per heavy atom. The summed E-state index contributed by atoms with van der Waals surface area (Å²) in [6.45, 7) is 2.47. The molecule has 4 bridgehead atoms. The molecular formula is C16H22ClN. The van der Waals surface area contributed by atoms with Crippen LogP contribution in [0.3, 0.4) is 0 Å². The first-order chi connectivity index (χ1) is 8.07. The number of hydrogen-bond acceptors (Lipinski definition) is 1. The first-order valence-corrected chi connectivity index (χ1v) is 6.95. The molecule has 2 saturated carbocycles. The number of hydrogen-bond donors (Lipinski definition) is 1. The van der Waals surface area contributed by atoms with E-state index in [1.165, 1.54) is 32.1 Å². The average molecular weight is 264 g/mol. The molecule has 2 fully saturated rings. The molecule has 0 amide bonds. The van der Waals surface area contributed by atoms with Gasteiger partial charge in [0.15, 0.2) is 0 Å². The lowest BCUT2D eigenvalue weighted by Crippen LogP contribution is -2.52. The van der Waals surface area contributed by atoms with Crippen LogP contribution in [0, 0.1) is 5.41 Å². The van der Waals surface area contributed by atoms with Gasteiger partial charge < -0.3 is 5.73 Å². The zero-order chi connectivity index (χ0) is 11.7. The predicted molar refractivity (Wildman–Crippen MR) is 77.3 cm³/mol. The molecule has 2 heteroatoms. The van der Waals surface area contributed by atoms with Crippen molar-refractivity contribution in [2.45, 2.75) is 56.4 Å². The van der Waals surface area contributed by atoms with Gasteiger partial charge in [0.2, 0.25) is 0 Å². The molecule has 1 aromatic carbocycles. The van der Waals surface area contributed by atoms with E-state index in [1.54, 1.807) is 11.1 Å². The zero-order valence-corrected chi connectivity index (χ0v) is 11.8. The Hall–Kier alpha value is -0.530. The largest absolute Gasteiger partial charge is 0.325 e. The van der Waals surface area contributed by atoms with Gasteiger partial charge >= 0.3 is 0 Å². The Labute approximate surface area is 116 Å². The summed E-state index contributed by atoms with van der Waals surface area (Å²) in [6, 6.07) is 9.12. The lowest BCUT2D eigenvalue weighted by Gasteiger charge is -2.52. The predicted octanol–water partition coefficient (Wildman–Crippen LogP) is 3.97. The van der Waals surface area contributed by atoms with E-state index >= 15 is 0 Å². The van der Waals surface area contributed by atoms with Crippen LogP contribution in [0.25, 0.3) is 0 Å². The fraction of sp³-hybridized carbons (Fsp3) is 0.625. The Balaban J connectivity index is 0.000001000. The van der Waals surface area contributed by atoms with Gasteiger partial charge in [-0.25, -0.2) is 0 Å².